The van der Waals surface area contributed by atoms with Gasteiger partial charge in [0, 0.05) is 31.3 Å². The maximum Gasteiger partial charge on any atom is 0.272 e. The fourth-order valence-electron chi connectivity index (χ4n) is 1.75. The van der Waals surface area contributed by atoms with E-state index in [4.69, 9.17) is 0 Å². The van der Waals surface area contributed by atoms with E-state index in [-0.39, 0.29) is 11.6 Å². The second-order valence-electron chi connectivity index (χ2n) is 4.29. The van der Waals surface area contributed by atoms with Crippen molar-refractivity contribution in [1.29, 1.82) is 0 Å². The van der Waals surface area contributed by atoms with E-state index in [9.17, 15) is 4.79 Å². The summed E-state index contributed by atoms with van der Waals surface area (Å²) in [6, 6.07) is 7.05. The van der Waals surface area contributed by atoms with Crippen LogP contribution in [0.2, 0.25) is 0 Å². The average molecular weight is 280 g/mol. The molecule has 3 aromatic heterocycles. The molecule has 7 heteroatoms. The molecule has 0 bridgehead atoms. The first kappa shape index (κ1) is 12.9. The zero-order valence-electron chi connectivity index (χ0n) is 11.0. The van der Waals surface area contributed by atoms with Crippen molar-refractivity contribution in [2.24, 2.45) is 0 Å². The van der Waals surface area contributed by atoms with Crippen LogP contribution >= 0.6 is 0 Å². The van der Waals surface area contributed by atoms with Crippen LogP contribution in [0.25, 0.3) is 5.82 Å². The van der Waals surface area contributed by atoms with Crippen LogP contribution in [0.1, 0.15) is 16.1 Å². The molecule has 0 aliphatic rings. The third kappa shape index (κ3) is 3.08. The first-order chi connectivity index (χ1) is 10.3. The van der Waals surface area contributed by atoms with Crippen LogP contribution in [0.5, 0.6) is 0 Å². The molecule has 0 unspecified atom stereocenters. The van der Waals surface area contributed by atoms with E-state index in [1.807, 2.05) is 12.1 Å². The van der Waals surface area contributed by atoms with E-state index in [2.05, 4.69) is 25.5 Å². The van der Waals surface area contributed by atoms with Gasteiger partial charge in [0.15, 0.2) is 11.5 Å². The SMILES string of the molecule is O=C(NCc1cccnc1)c1ccc(-n2ccnc2)nn1. The van der Waals surface area contributed by atoms with E-state index in [0.29, 0.717) is 12.4 Å². The van der Waals surface area contributed by atoms with Gasteiger partial charge >= 0.3 is 0 Å². The molecule has 7 nitrogen and oxygen atoms in total. The number of hydrogen-bond acceptors (Lipinski definition) is 5. The first-order valence-corrected chi connectivity index (χ1v) is 6.32. The van der Waals surface area contributed by atoms with Crippen molar-refractivity contribution < 1.29 is 4.79 Å². The van der Waals surface area contributed by atoms with Crippen LogP contribution in [-0.4, -0.2) is 30.6 Å². The number of amides is 1. The van der Waals surface area contributed by atoms with E-state index in [0.717, 1.165) is 5.56 Å². The molecule has 0 aromatic carbocycles. The minimum absolute atomic E-state index is 0.266. The van der Waals surface area contributed by atoms with Crippen LogP contribution in [-0.2, 0) is 6.54 Å². The van der Waals surface area contributed by atoms with Crippen LogP contribution < -0.4 is 5.32 Å². The molecule has 104 valence electrons. The number of nitrogens with one attached hydrogen (secondary N) is 1. The van der Waals surface area contributed by atoms with Crippen LogP contribution in [0.3, 0.4) is 0 Å². The lowest BCUT2D eigenvalue weighted by Gasteiger charge is -2.05. The van der Waals surface area contributed by atoms with Crippen LogP contribution in [0.15, 0.2) is 55.4 Å². The second kappa shape index (κ2) is 5.91. The molecule has 0 saturated heterocycles. The summed E-state index contributed by atoms with van der Waals surface area (Å²) in [4.78, 5) is 19.9. The maximum atomic E-state index is 12.0. The lowest BCUT2D eigenvalue weighted by molar-refractivity contribution is 0.0945. The molecule has 0 aliphatic carbocycles. The molecule has 3 aromatic rings. The zero-order chi connectivity index (χ0) is 14.5. The van der Waals surface area contributed by atoms with E-state index in [1.54, 1.807) is 47.8 Å². The Morgan fingerprint density at radius 3 is 2.76 bits per heavy atom. The number of nitrogens with zero attached hydrogens (tertiary/aromatic N) is 5. The number of carbonyl (C=O) groups excluding carboxylic acids is 1. The topological polar surface area (TPSA) is 85.6 Å². The summed E-state index contributed by atoms with van der Waals surface area (Å²) in [5.41, 5.74) is 1.19. The minimum atomic E-state index is -0.275. The van der Waals surface area contributed by atoms with Crippen molar-refractivity contribution >= 4 is 5.91 Å². The number of imidazole rings is 1. The van der Waals surface area contributed by atoms with E-state index >= 15 is 0 Å². The quantitative estimate of drug-likeness (QED) is 0.770. The van der Waals surface area contributed by atoms with Gasteiger partial charge in [0.25, 0.3) is 5.91 Å². The Balaban J connectivity index is 1.65. The molecule has 21 heavy (non-hydrogen) atoms. The number of hydrogen-bond donors (Lipinski definition) is 1. The van der Waals surface area contributed by atoms with E-state index in [1.165, 1.54) is 0 Å². The highest BCUT2D eigenvalue weighted by atomic mass is 16.1. The van der Waals surface area contributed by atoms with Crippen molar-refractivity contribution in [2.75, 3.05) is 0 Å². The van der Waals surface area contributed by atoms with Crippen LogP contribution in [0, 0.1) is 0 Å². The van der Waals surface area contributed by atoms with Crippen molar-refractivity contribution in [3.05, 3.63) is 66.6 Å². The van der Waals surface area contributed by atoms with Gasteiger partial charge in [-0.15, -0.1) is 10.2 Å². The summed E-state index contributed by atoms with van der Waals surface area (Å²) in [6.45, 7) is 0.400. The Bertz CT molecular complexity index is 709. The van der Waals surface area contributed by atoms with Crippen molar-refractivity contribution in [1.82, 2.24) is 30.0 Å². The Labute approximate surface area is 120 Å². The molecule has 1 amide bonds. The highest BCUT2D eigenvalue weighted by Crippen LogP contribution is 2.03. The normalized spacial score (nSPS) is 10.3. The smallest absolute Gasteiger partial charge is 0.272 e. The monoisotopic (exact) mass is 280 g/mol. The number of aromatic nitrogens is 5. The molecule has 0 atom stereocenters. The molecular formula is C14H12N6O. The van der Waals surface area contributed by atoms with Gasteiger partial charge < -0.3 is 5.32 Å². The summed E-state index contributed by atoms with van der Waals surface area (Å²) in [5.74, 6) is 0.333. The largest absolute Gasteiger partial charge is 0.347 e. The summed E-state index contributed by atoms with van der Waals surface area (Å²) < 4.78 is 1.71. The fraction of sp³-hybridized carbons (Fsp3) is 0.0714. The van der Waals surface area contributed by atoms with Crippen molar-refractivity contribution in [2.45, 2.75) is 6.54 Å². The first-order valence-electron chi connectivity index (χ1n) is 6.32. The summed E-state index contributed by atoms with van der Waals surface area (Å²) in [5, 5.41) is 10.7. The number of pyridine rings is 1. The molecule has 1 N–H and O–H groups in total. The lowest BCUT2D eigenvalue weighted by Crippen LogP contribution is -2.24. The molecule has 0 spiro atoms. The fourth-order valence-corrected chi connectivity index (χ4v) is 1.75. The van der Waals surface area contributed by atoms with Gasteiger partial charge in [0.1, 0.15) is 6.33 Å². The Morgan fingerprint density at radius 1 is 1.14 bits per heavy atom. The summed E-state index contributed by atoms with van der Waals surface area (Å²) in [7, 11) is 0. The van der Waals surface area contributed by atoms with Gasteiger partial charge in [0.2, 0.25) is 0 Å². The number of carbonyl (C=O) groups is 1. The second-order valence-corrected chi connectivity index (χ2v) is 4.29. The van der Waals surface area contributed by atoms with Gasteiger partial charge in [-0.1, -0.05) is 6.07 Å². The predicted octanol–water partition coefficient (Wildman–Crippen LogP) is 0.987. The summed E-state index contributed by atoms with van der Waals surface area (Å²) in [6.07, 6.45) is 8.41. The third-order valence-electron chi connectivity index (χ3n) is 2.83. The molecule has 0 saturated carbocycles. The molecule has 0 radical (unpaired) electrons. The summed E-state index contributed by atoms with van der Waals surface area (Å²) >= 11 is 0. The molecule has 0 fully saturated rings. The molecular weight excluding hydrogens is 268 g/mol. The standard InChI is InChI=1S/C14H12N6O/c21-14(17-9-11-2-1-5-15-8-11)12-3-4-13(19-18-12)20-7-6-16-10-20/h1-8,10H,9H2,(H,17,21). The van der Waals surface area contributed by atoms with Gasteiger partial charge in [-0.05, 0) is 23.8 Å². The average Bonchev–Trinajstić information content (AvgIpc) is 3.08. The maximum absolute atomic E-state index is 12.0. The van der Waals surface area contributed by atoms with Gasteiger partial charge in [-0.2, -0.15) is 0 Å². The van der Waals surface area contributed by atoms with Gasteiger partial charge in [0.05, 0.1) is 0 Å². The zero-order valence-corrected chi connectivity index (χ0v) is 11.0. The Morgan fingerprint density at radius 2 is 2.10 bits per heavy atom. The highest BCUT2D eigenvalue weighted by molar-refractivity contribution is 5.92. The Kier molecular flexibility index (Phi) is 3.64. The molecule has 0 aliphatic heterocycles. The van der Waals surface area contributed by atoms with Crippen molar-refractivity contribution in [3.8, 4) is 5.82 Å². The molecule has 3 rings (SSSR count). The van der Waals surface area contributed by atoms with Gasteiger partial charge in [-0.3, -0.25) is 14.3 Å². The lowest BCUT2D eigenvalue weighted by atomic mass is 10.3. The van der Waals surface area contributed by atoms with E-state index < -0.39 is 0 Å². The van der Waals surface area contributed by atoms with Gasteiger partial charge in [-0.25, -0.2) is 4.98 Å². The third-order valence-corrected chi connectivity index (χ3v) is 2.83. The number of rotatable bonds is 4. The van der Waals surface area contributed by atoms with Crippen LogP contribution in [0.4, 0.5) is 0 Å². The Hall–Kier alpha value is -3.09. The highest BCUT2D eigenvalue weighted by Gasteiger charge is 2.08. The minimum Gasteiger partial charge on any atom is -0.347 e. The van der Waals surface area contributed by atoms with Crippen molar-refractivity contribution in [3.63, 3.8) is 0 Å². The molecule has 3 heterocycles. The predicted molar refractivity (Wildman–Crippen MR) is 74.6 cm³/mol.